The van der Waals surface area contributed by atoms with Gasteiger partial charge in [-0.25, -0.2) is 0 Å². The second-order valence-electron chi connectivity index (χ2n) is 18.3. The molecule has 1 aliphatic rings. The Morgan fingerprint density at radius 3 is 1.66 bits per heavy atom. The molecule has 1 amide bonds. The van der Waals surface area contributed by atoms with Crippen molar-refractivity contribution in [1.82, 2.24) is 5.32 Å². The smallest absolute Gasteiger partial charge is 0.306 e. The van der Waals surface area contributed by atoms with E-state index < -0.39 is 67.4 Å². The van der Waals surface area contributed by atoms with Gasteiger partial charge in [-0.05, 0) is 70.6 Å². The zero-order chi connectivity index (χ0) is 49.0. The zero-order valence-corrected chi connectivity index (χ0v) is 42.2. The van der Waals surface area contributed by atoms with Gasteiger partial charge < -0.3 is 45.1 Å². The van der Waals surface area contributed by atoms with Gasteiger partial charge in [0.1, 0.15) is 24.4 Å². The van der Waals surface area contributed by atoms with Crippen LogP contribution >= 0.6 is 0 Å². The Balaban J connectivity index is 2.83. The van der Waals surface area contributed by atoms with Gasteiger partial charge in [0.15, 0.2) is 12.4 Å². The number of aliphatic hydroxyl groups is 5. The number of hydrogen-bond donors (Lipinski definition) is 6. The van der Waals surface area contributed by atoms with Gasteiger partial charge in [-0.1, -0.05) is 203 Å². The number of unbranched alkanes of at least 4 members (excludes halogenated alkanes) is 22. The summed E-state index contributed by atoms with van der Waals surface area (Å²) in [5.74, 6) is -1.26. The number of carbonyl (C=O) groups excluding carboxylic acids is 2. The molecule has 6 N–H and O–H groups in total. The van der Waals surface area contributed by atoms with Gasteiger partial charge in [-0.3, -0.25) is 9.59 Å². The van der Waals surface area contributed by atoms with Crippen LogP contribution in [0.3, 0.4) is 0 Å². The minimum atomic E-state index is -1.63. The number of esters is 1. The average Bonchev–Trinajstić information content (AvgIpc) is 3.32. The predicted molar refractivity (Wildman–Crippen MR) is 273 cm³/mol. The summed E-state index contributed by atoms with van der Waals surface area (Å²) in [5, 5.41) is 56.6. The van der Waals surface area contributed by atoms with E-state index in [4.69, 9.17) is 14.2 Å². The fraction of sp³-hybridized carbons (Fsp3) is 0.750. The van der Waals surface area contributed by atoms with E-state index in [1.165, 1.54) is 89.9 Å². The van der Waals surface area contributed by atoms with Crippen LogP contribution in [0.15, 0.2) is 72.9 Å². The number of hydrogen-bond acceptors (Lipinski definition) is 10. The Morgan fingerprint density at radius 2 is 1.09 bits per heavy atom. The molecular weight excluding hydrogens is 847 g/mol. The molecule has 386 valence electrons. The summed E-state index contributed by atoms with van der Waals surface area (Å²) in [7, 11) is 0. The largest absolute Gasteiger partial charge is 0.454 e. The van der Waals surface area contributed by atoms with Crippen molar-refractivity contribution < 1.29 is 49.3 Å². The van der Waals surface area contributed by atoms with Crippen molar-refractivity contribution in [2.45, 2.75) is 256 Å². The molecule has 8 unspecified atom stereocenters. The molecule has 0 spiro atoms. The lowest BCUT2D eigenvalue weighted by molar-refractivity contribution is -0.305. The summed E-state index contributed by atoms with van der Waals surface area (Å²) < 4.78 is 17.5. The molecule has 8 atom stereocenters. The normalized spacial score (nSPS) is 20.6. The Kier molecular flexibility index (Phi) is 41.1. The Bertz CT molecular complexity index is 1360. The first kappa shape index (κ1) is 62.1. The fourth-order valence-corrected chi connectivity index (χ4v) is 7.89. The van der Waals surface area contributed by atoms with Gasteiger partial charge in [0.2, 0.25) is 5.91 Å². The second kappa shape index (κ2) is 44.3. The monoisotopic (exact) mass is 944 g/mol. The number of aliphatic hydroxyl groups excluding tert-OH is 5. The maximum Gasteiger partial charge on any atom is 0.306 e. The summed E-state index contributed by atoms with van der Waals surface area (Å²) in [5.41, 5.74) is 0. The minimum Gasteiger partial charge on any atom is -0.454 e. The molecular formula is C56H97NO10. The first-order valence-corrected chi connectivity index (χ1v) is 26.8. The third-order valence-electron chi connectivity index (χ3n) is 12.2. The van der Waals surface area contributed by atoms with Crippen LogP contribution in [-0.2, 0) is 23.8 Å². The zero-order valence-electron chi connectivity index (χ0n) is 42.2. The van der Waals surface area contributed by atoms with E-state index in [0.29, 0.717) is 12.8 Å². The predicted octanol–water partition coefficient (Wildman–Crippen LogP) is 11.3. The van der Waals surface area contributed by atoms with E-state index in [2.05, 4.69) is 44.3 Å². The Hall–Kier alpha value is -2.90. The molecule has 1 heterocycles. The molecule has 0 aromatic carbocycles. The van der Waals surface area contributed by atoms with Gasteiger partial charge in [-0.2, -0.15) is 0 Å². The van der Waals surface area contributed by atoms with Crippen molar-refractivity contribution in [3.05, 3.63) is 72.9 Å². The quantitative estimate of drug-likeness (QED) is 0.0149. The highest BCUT2D eigenvalue weighted by atomic mass is 16.7. The van der Waals surface area contributed by atoms with E-state index in [9.17, 15) is 35.1 Å². The number of ether oxygens (including phenoxy) is 3. The highest BCUT2D eigenvalue weighted by Crippen LogP contribution is 2.26. The lowest BCUT2D eigenvalue weighted by atomic mass is 9.99. The third-order valence-corrected chi connectivity index (χ3v) is 12.2. The highest BCUT2D eigenvalue weighted by molar-refractivity contribution is 5.80. The van der Waals surface area contributed by atoms with Crippen molar-refractivity contribution in [3.63, 3.8) is 0 Å². The molecule has 11 heteroatoms. The van der Waals surface area contributed by atoms with E-state index in [-0.39, 0.29) is 19.4 Å². The van der Waals surface area contributed by atoms with Crippen LogP contribution in [0.25, 0.3) is 0 Å². The van der Waals surface area contributed by atoms with E-state index in [1.54, 1.807) is 6.08 Å². The molecule has 0 bridgehead atoms. The maximum absolute atomic E-state index is 13.3. The molecule has 1 rings (SSSR count). The van der Waals surface area contributed by atoms with E-state index >= 15 is 0 Å². The van der Waals surface area contributed by atoms with Crippen LogP contribution in [0.4, 0.5) is 0 Å². The van der Waals surface area contributed by atoms with Crippen LogP contribution in [0.5, 0.6) is 0 Å². The average molecular weight is 944 g/mol. The molecule has 11 nitrogen and oxygen atoms in total. The number of amides is 1. The molecule has 1 fully saturated rings. The summed E-state index contributed by atoms with van der Waals surface area (Å²) in [6, 6.07) is -1.05. The molecule has 67 heavy (non-hydrogen) atoms. The van der Waals surface area contributed by atoms with Crippen LogP contribution in [-0.4, -0.2) is 99.6 Å². The molecule has 0 saturated carbocycles. The summed E-state index contributed by atoms with van der Waals surface area (Å²) in [4.78, 5) is 26.3. The summed E-state index contributed by atoms with van der Waals surface area (Å²) >= 11 is 0. The Labute approximate surface area is 407 Å². The Morgan fingerprint density at radius 1 is 0.597 bits per heavy atom. The van der Waals surface area contributed by atoms with Crippen LogP contribution in [0.2, 0.25) is 0 Å². The molecule has 0 aromatic heterocycles. The van der Waals surface area contributed by atoms with Crippen LogP contribution in [0, 0.1) is 0 Å². The highest BCUT2D eigenvalue weighted by Gasteiger charge is 2.47. The van der Waals surface area contributed by atoms with Gasteiger partial charge in [0, 0.05) is 6.42 Å². The topological polar surface area (TPSA) is 175 Å². The van der Waals surface area contributed by atoms with Crippen molar-refractivity contribution in [2.75, 3.05) is 13.2 Å². The minimum absolute atomic E-state index is 0.0955. The molecule has 0 aromatic rings. The van der Waals surface area contributed by atoms with Gasteiger partial charge >= 0.3 is 5.97 Å². The number of carbonyl (C=O) groups is 2. The van der Waals surface area contributed by atoms with Crippen molar-refractivity contribution in [2.24, 2.45) is 0 Å². The molecule has 0 aliphatic carbocycles. The van der Waals surface area contributed by atoms with Gasteiger partial charge in [-0.15, -0.1) is 0 Å². The lowest BCUT2D eigenvalue weighted by Gasteiger charge is -2.41. The SMILES string of the molecule is CC/C=C/C=C/C=C\C=C/CCCCC(O)C(=O)NC(COC1OC(CO)C(O)C(O)C1OC(=O)CCCCC/C=C\CCCCCCCC)C(O)/C=C/CCCCCCCCCCCCC. The molecule has 1 aliphatic heterocycles. The lowest BCUT2D eigenvalue weighted by Crippen LogP contribution is -2.61. The second-order valence-corrected chi connectivity index (χ2v) is 18.3. The maximum atomic E-state index is 13.3. The van der Waals surface area contributed by atoms with Crippen molar-refractivity contribution in [1.29, 1.82) is 0 Å². The van der Waals surface area contributed by atoms with E-state index in [1.807, 2.05) is 48.6 Å². The van der Waals surface area contributed by atoms with Crippen molar-refractivity contribution in [3.8, 4) is 0 Å². The molecule has 0 radical (unpaired) electrons. The summed E-state index contributed by atoms with van der Waals surface area (Å²) in [6.45, 7) is 5.57. The van der Waals surface area contributed by atoms with Crippen molar-refractivity contribution >= 4 is 11.9 Å². The third kappa shape index (κ3) is 33.3. The standard InChI is InChI=1S/C56H97NO10/c1-4-7-10-13-16-19-22-25-28-30-33-36-39-42-48(59)47(57-55(64)49(60)43-40-37-34-31-27-24-21-18-15-12-9-6-3)46-65-56-54(53(63)52(62)50(45-58)66-56)67-51(61)44-41-38-35-32-29-26-23-20-17-14-11-8-5-2/h9,12,15,18,21,24,26-27,29,31,39,42,47-50,52-54,56,58-60,62-63H,4-8,10-11,13-14,16-17,19-20,22-23,25,28,30,32-38,40-41,43-46H2,1-3H3,(H,57,64)/b12-9+,18-15+,24-21-,29-26-,31-27-,42-39+. The van der Waals surface area contributed by atoms with Gasteiger partial charge in [0.05, 0.1) is 25.4 Å². The summed E-state index contributed by atoms with van der Waals surface area (Å²) in [6.07, 6.45) is 43.9. The fourth-order valence-electron chi connectivity index (χ4n) is 7.89. The first-order valence-electron chi connectivity index (χ1n) is 26.8. The van der Waals surface area contributed by atoms with Crippen LogP contribution in [0.1, 0.15) is 207 Å². The molecule has 1 saturated heterocycles. The van der Waals surface area contributed by atoms with E-state index in [0.717, 1.165) is 70.6 Å². The number of rotatable bonds is 43. The number of nitrogens with one attached hydrogen (secondary N) is 1. The van der Waals surface area contributed by atoms with Gasteiger partial charge in [0.25, 0.3) is 0 Å². The first-order chi connectivity index (χ1) is 32.7. The number of allylic oxidation sites excluding steroid dienone is 11. The van der Waals surface area contributed by atoms with Crippen LogP contribution < -0.4 is 5.32 Å².